The summed E-state index contributed by atoms with van der Waals surface area (Å²) < 4.78 is 16.9. The van der Waals surface area contributed by atoms with Crippen LogP contribution in [-0.4, -0.2) is 37.2 Å². The largest absolute Gasteiger partial charge is 0.462 e. The lowest BCUT2D eigenvalue weighted by molar-refractivity contribution is -0.167. The molecule has 6 nitrogen and oxygen atoms in total. The topological polar surface area (TPSA) is 78.9 Å². The quantitative estimate of drug-likeness (QED) is 0.0261. The number of rotatable bonds is 61. The molecule has 0 fully saturated rings. The minimum atomic E-state index is -0.819. The van der Waals surface area contributed by atoms with Gasteiger partial charge in [-0.15, -0.1) is 0 Å². The van der Waals surface area contributed by atoms with E-state index in [1.165, 1.54) is 128 Å². The smallest absolute Gasteiger partial charge is 0.306 e. The van der Waals surface area contributed by atoms with Crippen molar-refractivity contribution in [3.63, 3.8) is 0 Å². The Balaban J connectivity index is 4.42. The number of carbonyl (C=O) groups excluding carboxylic acids is 3. The van der Waals surface area contributed by atoms with Crippen LogP contribution in [-0.2, 0) is 28.6 Å². The van der Waals surface area contributed by atoms with Crippen LogP contribution in [0.15, 0.2) is 146 Å². The van der Waals surface area contributed by atoms with Crippen LogP contribution in [0, 0.1) is 0 Å². The molecule has 0 saturated carbocycles. The Kier molecular flexibility index (Phi) is 65.8. The molecule has 1 atom stereocenters. The summed E-state index contributed by atoms with van der Waals surface area (Å²) >= 11 is 0. The van der Waals surface area contributed by atoms with E-state index in [0.717, 1.165) is 128 Å². The molecule has 0 aliphatic heterocycles. The van der Waals surface area contributed by atoms with Crippen molar-refractivity contribution in [2.45, 2.75) is 309 Å². The molecule has 0 bridgehead atoms. The van der Waals surface area contributed by atoms with E-state index in [1.54, 1.807) is 0 Å². The molecule has 0 saturated heterocycles. The maximum Gasteiger partial charge on any atom is 0.306 e. The van der Waals surface area contributed by atoms with E-state index in [0.29, 0.717) is 19.3 Å². The second-order valence-corrected chi connectivity index (χ2v) is 22.3. The van der Waals surface area contributed by atoms with E-state index in [-0.39, 0.29) is 37.5 Å². The van der Waals surface area contributed by atoms with Gasteiger partial charge in [-0.3, -0.25) is 14.4 Å². The third kappa shape index (κ3) is 68.0. The number of hydrogen-bond acceptors (Lipinski definition) is 6. The van der Waals surface area contributed by atoms with Crippen molar-refractivity contribution in [3.8, 4) is 0 Å². The zero-order valence-corrected chi connectivity index (χ0v) is 53.9. The van der Waals surface area contributed by atoms with E-state index in [2.05, 4.69) is 167 Å². The fraction of sp³-hybridized carbons (Fsp3) is 0.649. The van der Waals surface area contributed by atoms with Crippen molar-refractivity contribution in [1.29, 1.82) is 0 Å². The van der Waals surface area contributed by atoms with E-state index in [9.17, 15) is 14.4 Å². The molecule has 0 aromatic rings. The third-order valence-electron chi connectivity index (χ3n) is 14.3. The summed E-state index contributed by atoms with van der Waals surface area (Å²) in [6, 6.07) is 0. The number of carbonyl (C=O) groups is 3. The molecule has 0 spiro atoms. The van der Waals surface area contributed by atoms with Crippen molar-refractivity contribution in [2.75, 3.05) is 13.2 Å². The maximum absolute atomic E-state index is 12.9. The van der Waals surface area contributed by atoms with Gasteiger partial charge in [-0.25, -0.2) is 0 Å². The molecule has 83 heavy (non-hydrogen) atoms. The minimum Gasteiger partial charge on any atom is -0.462 e. The van der Waals surface area contributed by atoms with Gasteiger partial charge >= 0.3 is 17.9 Å². The second kappa shape index (κ2) is 69.8. The number of ether oxygens (including phenoxy) is 3. The summed E-state index contributed by atoms with van der Waals surface area (Å²) in [5.41, 5.74) is 0. The van der Waals surface area contributed by atoms with Crippen LogP contribution in [0.2, 0.25) is 0 Å². The molecule has 0 aromatic heterocycles. The lowest BCUT2D eigenvalue weighted by Crippen LogP contribution is -2.30. The Labute approximate surface area is 512 Å². The van der Waals surface area contributed by atoms with E-state index in [4.69, 9.17) is 14.2 Å². The number of allylic oxidation sites excluding steroid dienone is 24. The molecule has 0 aromatic carbocycles. The first-order valence-electron chi connectivity index (χ1n) is 34.3. The molecule has 0 N–H and O–H groups in total. The minimum absolute atomic E-state index is 0.114. The summed E-state index contributed by atoms with van der Waals surface area (Å²) in [6.45, 7) is 6.36. The average molecular weight is 1150 g/mol. The number of unbranched alkanes of at least 4 members (excludes halogenated alkanes) is 26. The van der Waals surface area contributed by atoms with Crippen LogP contribution in [0.5, 0.6) is 0 Å². The van der Waals surface area contributed by atoms with Gasteiger partial charge in [-0.05, 0) is 116 Å². The Morgan fingerprint density at radius 3 is 0.783 bits per heavy atom. The first kappa shape index (κ1) is 78.3. The van der Waals surface area contributed by atoms with Crippen molar-refractivity contribution in [1.82, 2.24) is 0 Å². The zero-order valence-electron chi connectivity index (χ0n) is 53.9. The van der Waals surface area contributed by atoms with Crippen molar-refractivity contribution < 1.29 is 28.6 Å². The van der Waals surface area contributed by atoms with Crippen LogP contribution in [0.1, 0.15) is 303 Å². The van der Waals surface area contributed by atoms with Crippen LogP contribution >= 0.6 is 0 Å². The van der Waals surface area contributed by atoms with Crippen molar-refractivity contribution in [2.24, 2.45) is 0 Å². The fourth-order valence-electron chi connectivity index (χ4n) is 9.28. The first-order chi connectivity index (χ1) is 41.0. The third-order valence-corrected chi connectivity index (χ3v) is 14.3. The Bertz CT molecular complexity index is 1800. The molecular weight excluding hydrogens is 1020 g/mol. The summed E-state index contributed by atoms with van der Waals surface area (Å²) in [7, 11) is 0. The van der Waals surface area contributed by atoms with E-state index in [1.807, 2.05) is 0 Å². The standard InChI is InChI=1S/C77H126O6/c1-4-7-10-13-16-19-22-25-27-29-31-33-35-36-37-38-39-40-42-43-45-47-49-52-55-58-61-64-67-70-76(79)82-73-74(72-81-75(78)69-66-63-60-57-54-51-24-21-18-15-12-9-6-3)83-77(80)71-68-65-62-59-56-53-50-48-46-44-41-34-32-30-28-26-23-20-17-14-11-8-5-2/h7,9-10,12,16,18-19,21,25,27,31,33,36-37,39-40,43,45,49,51-52,54,58,61,74H,4-6,8,11,13-15,17,20,22-24,26,28-30,32,34-35,38,41-42,44,46-48,50,53,55-57,59-60,62-73H2,1-3H3/b10-7-,12-9-,19-16-,21-18-,27-25-,33-31-,37-36-,40-39-,45-43-,52-49-,54-51-,61-58-. The van der Waals surface area contributed by atoms with Gasteiger partial charge in [0.15, 0.2) is 6.10 Å². The highest BCUT2D eigenvalue weighted by molar-refractivity contribution is 5.71. The highest BCUT2D eigenvalue weighted by atomic mass is 16.6. The van der Waals surface area contributed by atoms with Gasteiger partial charge in [-0.2, -0.15) is 0 Å². The lowest BCUT2D eigenvalue weighted by Gasteiger charge is -2.18. The second-order valence-electron chi connectivity index (χ2n) is 22.3. The van der Waals surface area contributed by atoms with Gasteiger partial charge < -0.3 is 14.2 Å². The number of hydrogen-bond donors (Lipinski definition) is 0. The fourth-order valence-corrected chi connectivity index (χ4v) is 9.28. The Morgan fingerprint density at radius 1 is 0.253 bits per heavy atom. The van der Waals surface area contributed by atoms with Crippen molar-refractivity contribution >= 4 is 17.9 Å². The SMILES string of the molecule is CC/C=C\C/C=C\C/C=C\C/C=C\C/C=C\C/C=C\C/C=C\C/C=C\C/C=C\CCCC(=O)OCC(COC(=O)CCCCC/C=C\C/C=C\C/C=C\CC)OC(=O)CCCCCCCCCCCCCCCCCCCCCCCCC. The average Bonchev–Trinajstić information content (AvgIpc) is 3.49. The van der Waals surface area contributed by atoms with Gasteiger partial charge in [-0.1, -0.05) is 314 Å². The van der Waals surface area contributed by atoms with E-state index < -0.39 is 6.10 Å². The molecule has 0 heterocycles. The van der Waals surface area contributed by atoms with Crippen LogP contribution in [0.4, 0.5) is 0 Å². The van der Waals surface area contributed by atoms with Crippen molar-refractivity contribution in [3.05, 3.63) is 146 Å². The molecule has 0 radical (unpaired) electrons. The van der Waals surface area contributed by atoms with Crippen LogP contribution in [0.3, 0.4) is 0 Å². The predicted octanol–water partition coefficient (Wildman–Crippen LogP) is 23.9. The molecule has 470 valence electrons. The Hall–Kier alpha value is -4.71. The van der Waals surface area contributed by atoms with Crippen LogP contribution in [0.25, 0.3) is 0 Å². The number of esters is 3. The molecule has 0 rings (SSSR count). The summed E-state index contributed by atoms with van der Waals surface area (Å²) in [5, 5.41) is 0. The highest BCUT2D eigenvalue weighted by Crippen LogP contribution is 2.17. The molecule has 0 aliphatic carbocycles. The lowest BCUT2D eigenvalue weighted by atomic mass is 10.0. The monoisotopic (exact) mass is 1150 g/mol. The Morgan fingerprint density at radius 2 is 0.482 bits per heavy atom. The molecule has 0 amide bonds. The normalized spacial score (nSPS) is 13.0. The maximum atomic E-state index is 12.9. The van der Waals surface area contributed by atoms with Gasteiger partial charge in [0.25, 0.3) is 0 Å². The zero-order chi connectivity index (χ0) is 59.9. The molecule has 1 unspecified atom stereocenters. The first-order valence-corrected chi connectivity index (χ1v) is 34.3. The molecule has 0 aliphatic rings. The van der Waals surface area contributed by atoms with E-state index >= 15 is 0 Å². The van der Waals surface area contributed by atoms with Gasteiger partial charge in [0.1, 0.15) is 13.2 Å². The van der Waals surface area contributed by atoms with Gasteiger partial charge in [0.2, 0.25) is 0 Å². The summed E-state index contributed by atoms with van der Waals surface area (Å²) in [5.74, 6) is -0.996. The molecular formula is C77H126O6. The summed E-state index contributed by atoms with van der Waals surface area (Å²) in [6.07, 6.45) is 100. The molecule has 6 heteroatoms. The van der Waals surface area contributed by atoms with Crippen LogP contribution < -0.4 is 0 Å². The highest BCUT2D eigenvalue weighted by Gasteiger charge is 2.19. The van der Waals surface area contributed by atoms with Gasteiger partial charge in [0, 0.05) is 19.3 Å². The predicted molar refractivity (Wildman–Crippen MR) is 362 cm³/mol. The summed E-state index contributed by atoms with van der Waals surface area (Å²) in [4.78, 5) is 38.3. The van der Waals surface area contributed by atoms with Gasteiger partial charge in [0.05, 0.1) is 0 Å².